The second-order valence-electron chi connectivity index (χ2n) is 7.91. The number of hydrogen-bond donors (Lipinski definition) is 2. The van der Waals surface area contributed by atoms with Crippen molar-refractivity contribution < 1.29 is 26.8 Å². The Labute approximate surface area is 196 Å². The molecule has 2 heterocycles. The minimum atomic E-state index is -3.98. The number of rotatable bonds is 7. The van der Waals surface area contributed by atoms with Gasteiger partial charge in [0.25, 0.3) is 5.91 Å². The van der Waals surface area contributed by atoms with Gasteiger partial charge in [0.05, 0.1) is 24.1 Å². The van der Waals surface area contributed by atoms with E-state index in [-0.39, 0.29) is 49.2 Å². The first-order valence-corrected chi connectivity index (χ1v) is 12.3. The number of carbonyl (C=O) groups is 2. The lowest BCUT2D eigenvalue weighted by molar-refractivity contribution is -0.120. The van der Waals surface area contributed by atoms with Crippen LogP contribution in [0.3, 0.4) is 0 Å². The van der Waals surface area contributed by atoms with Crippen LogP contribution in [-0.4, -0.2) is 37.6 Å². The molecule has 0 bridgehead atoms. The molecule has 2 N–H and O–H groups in total. The van der Waals surface area contributed by atoms with Crippen LogP contribution >= 0.6 is 0 Å². The van der Waals surface area contributed by atoms with Crippen molar-refractivity contribution in [2.75, 3.05) is 18.4 Å². The van der Waals surface area contributed by atoms with Gasteiger partial charge in [-0.3, -0.25) is 9.59 Å². The summed E-state index contributed by atoms with van der Waals surface area (Å²) in [5.74, 6) is -1.30. The minimum Gasteiger partial charge on any atom is -0.467 e. The van der Waals surface area contributed by atoms with Gasteiger partial charge < -0.3 is 15.1 Å². The van der Waals surface area contributed by atoms with E-state index in [4.69, 9.17) is 4.42 Å². The normalized spacial score (nSPS) is 15.1. The molecule has 0 saturated carbocycles. The molecule has 1 aliphatic rings. The molecule has 2 amide bonds. The van der Waals surface area contributed by atoms with Crippen LogP contribution in [0.5, 0.6) is 0 Å². The first kappa shape index (κ1) is 23.7. The third kappa shape index (κ3) is 5.18. The van der Waals surface area contributed by atoms with E-state index >= 15 is 0 Å². The largest absolute Gasteiger partial charge is 0.467 e. The van der Waals surface area contributed by atoms with Gasteiger partial charge in [0.2, 0.25) is 15.9 Å². The summed E-state index contributed by atoms with van der Waals surface area (Å²) in [6, 6.07) is 15.4. The number of piperidine rings is 1. The fourth-order valence-corrected chi connectivity index (χ4v) is 5.39. The molecule has 1 fully saturated rings. The number of sulfonamides is 1. The van der Waals surface area contributed by atoms with Crippen molar-refractivity contribution in [1.82, 2.24) is 9.62 Å². The molecule has 0 aliphatic carbocycles. The van der Waals surface area contributed by atoms with Gasteiger partial charge in [0.1, 0.15) is 16.5 Å². The fraction of sp³-hybridized carbons (Fsp3) is 0.250. The van der Waals surface area contributed by atoms with Gasteiger partial charge in [-0.2, -0.15) is 4.31 Å². The van der Waals surface area contributed by atoms with Crippen molar-refractivity contribution >= 4 is 27.5 Å². The highest BCUT2D eigenvalue weighted by molar-refractivity contribution is 7.89. The zero-order chi connectivity index (χ0) is 24.1. The first-order chi connectivity index (χ1) is 16.4. The van der Waals surface area contributed by atoms with Crippen molar-refractivity contribution in [1.29, 1.82) is 0 Å². The van der Waals surface area contributed by atoms with Crippen molar-refractivity contribution in [2.24, 2.45) is 5.92 Å². The molecular formula is C24H24FN3O5S. The maximum atomic E-state index is 14.0. The lowest BCUT2D eigenvalue weighted by atomic mass is 9.97. The lowest BCUT2D eigenvalue weighted by Crippen LogP contribution is -2.41. The van der Waals surface area contributed by atoms with Gasteiger partial charge in [-0.05, 0) is 49.2 Å². The van der Waals surface area contributed by atoms with E-state index in [1.807, 2.05) is 0 Å². The molecule has 10 heteroatoms. The summed E-state index contributed by atoms with van der Waals surface area (Å²) in [5.41, 5.74) is 0.674. The highest BCUT2D eigenvalue weighted by atomic mass is 32.2. The summed E-state index contributed by atoms with van der Waals surface area (Å²) >= 11 is 0. The highest BCUT2D eigenvalue weighted by Gasteiger charge is 2.33. The van der Waals surface area contributed by atoms with Gasteiger partial charge in [0, 0.05) is 19.0 Å². The van der Waals surface area contributed by atoms with E-state index in [0.29, 0.717) is 17.0 Å². The Hall–Kier alpha value is -3.50. The molecule has 0 spiro atoms. The molecular weight excluding hydrogens is 461 g/mol. The summed E-state index contributed by atoms with van der Waals surface area (Å²) in [6.07, 6.45) is 2.08. The van der Waals surface area contributed by atoms with Gasteiger partial charge in [-0.25, -0.2) is 12.8 Å². The highest BCUT2D eigenvalue weighted by Crippen LogP contribution is 2.26. The van der Waals surface area contributed by atoms with Crippen LogP contribution in [0.1, 0.15) is 29.0 Å². The Morgan fingerprint density at radius 3 is 2.41 bits per heavy atom. The average Bonchev–Trinajstić information content (AvgIpc) is 3.37. The molecule has 0 unspecified atom stereocenters. The smallest absolute Gasteiger partial charge is 0.253 e. The molecule has 0 radical (unpaired) electrons. The first-order valence-electron chi connectivity index (χ1n) is 10.8. The molecule has 0 atom stereocenters. The van der Waals surface area contributed by atoms with Crippen LogP contribution in [-0.2, 0) is 21.4 Å². The van der Waals surface area contributed by atoms with E-state index in [1.54, 1.807) is 36.4 Å². The Balaban J connectivity index is 1.37. The summed E-state index contributed by atoms with van der Waals surface area (Å²) < 4.78 is 46.0. The second kappa shape index (κ2) is 10.2. The summed E-state index contributed by atoms with van der Waals surface area (Å²) in [4.78, 5) is 25.1. The number of para-hydroxylation sites is 1. The predicted octanol–water partition coefficient (Wildman–Crippen LogP) is 3.39. The predicted molar refractivity (Wildman–Crippen MR) is 123 cm³/mol. The van der Waals surface area contributed by atoms with Crippen molar-refractivity contribution in [3.05, 3.63) is 84.1 Å². The van der Waals surface area contributed by atoms with Gasteiger partial charge in [-0.15, -0.1) is 0 Å². The number of carbonyl (C=O) groups excluding carboxylic acids is 2. The Morgan fingerprint density at radius 2 is 1.71 bits per heavy atom. The summed E-state index contributed by atoms with van der Waals surface area (Å²) in [6.45, 7) is 0.406. The third-order valence-corrected chi connectivity index (χ3v) is 7.64. The molecule has 178 valence electrons. The Kier molecular flexibility index (Phi) is 7.09. The molecule has 34 heavy (non-hydrogen) atoms. The molecule has 8 nitrogen and oxygen atoms in total. The Morgan fingerprint density at radius 1 is 1.00 bits per heavy atom. The van der Waals surface area contributed by atoms with Crippen molar-refractivity contribution in [3.8, 4) is 0 Å². The van der Waals surface area contributed by atoms with Gasteiger partial charge in [0.15, 0.2) is 0 Å². The van der Waals surface area contributed by atoms with Gasteiger partial charge in [-0.1, -0.05) is 24.3 Å². The number of amides is 2. The quantitative estimate of drug-likeness (QED) is 0.533. The minimum absolute atomic E-state index is 0.0973. The molecule has 1 aliphatic heterocycles. The average molecular weight is 486 g/mol. The van der Waals surface area contributed by atoms with Crippen LogP contribution < -0.4 is 10.6 Å². The number of hydrogen-bond acceptors (Lipinski definition) is 5. The molecule has 3 aromatic rings. The fourth-order valence-electron chi connectivity index (χ4n) is 3.85. The van der Waals surface area contributed by atoms with Crippen LogP contribution in [0.4, 0.5) is 10.1 Å². The van der Waals surface area contributed by atoms with E-state index in [2.05, 4.69) is 10.6 Å². The van der Waals surface area contributed by atoms with Crippen LogP contribution in [0.2, 0.25) is 0 Å². The number of furan rings is 1. The number of benzene rings is 2. The molecule has 2 aromatic carbocycles. The number of anilines is 1. The SMILES string of the molecule is O=C(NCc1ccco1)c1ccccc1NC(=O)C1CCN(S(=O)(=O)c2ccccc2F)CC1. The number of halogens is 1. The zero-order valence-corrected chi connectivity index (χ0v) is 19.1. The maximum absolute atomic E-state index is 14.0. The molecule has 1 saturated heterocycles. The third-order valence-electron chi connectivity index (χ3n) is 5.71. The van der Waals surface area contributed by atoms with Crippen molar-refractivity contribution in [2.45, 2.75) is 24.3 Å². The zero-order valence-electron chi connectivity index (χ0n) is 18.2. The molecule has 4 rings (SSSR count). The summed E-state index contributed by atoms with van der Waals surface area (Å²) in [5, 5.41) is 5.55. The maximum Gasteiger partial charge on any atom is 0.253 e. The van der Waals surface area contributed by atoms with E-state index in [1.165, 1.54) is 28.8 Å². The van der Waals surface area contributed by atoms with E-state index in [0.717, 1.165) is 6.07 Å². The number of nitrogens with one attached hydrogen (secondary N) is 2. The van der Waals surface area contributed by atoms with E-state index < -0.39 is 21.8 Å². The monoisotopic (exact) mass is 485 g/mol. The second-order valence-corrected chi connectivity index (χ2v) is 9.81. The van der Waals surface area contributed by atoms with Gasteiger partial charge >= 0.3 is 0 Å². The van der Waals surface area contributed by atoms with Crippen LogP contribution in [0.15, 0.2) is 76.2 Å². The summed E-state index contributed by atoms with van der Waals surface area (Å²) in [7, 11) is -3.98. The van der Waals surface area contributed by atoms with Crippen LogP contribution in [0, 0.1) is 11.7 Å². The topological polar surface area (TPSA) is 109 Å². The lowest BCUT2D eigenvalue weighted by Gasteiger charge is -2.30. The molecule has 1 aromatic heterocycles. The Bertz CT molecular complexity index is 1270. The van der Waals surface area contributed by atoms with Crippen molar-refractivity contribution in [3.63, 3.8) is 0 Å². The van der Waals surface area contributed by atoms with Crippen LogP contribution in [0.25, 0.3) is 0 Å². The van der Waals surface area contributed by atoms with E-state index in [9.17, 15) is 22.4 Å². The number of nitrogens with zero attached hydrogens (tertiary/aromatic N) is 1. The standard InChI is InChI=1S/C24H24FN3O5S/c25-20-8-2-4-10-22(20)34(31,32)28-13-11-17(12-14-28)23(29)27-21-9-3-1-7-19(21)24(30)26-16-18-6-5-15-33-18/h1-10,15,17H,11-14,16H2,(H,26,30)(H,27,29).